The third-order valence-electron chi connectivity index (χ3n) is 2.59. The molecule has 1 heterocycles. The van der Waals surface area contributed by atoms with Crippen molar-refractivity contribution in [2.45, 2.75) is 13.5 Å². The Morgan fingerprint density at radius 1 is 1.32 bits per heavy atom. The molecule has 1 amide bonds. The molecule has 0 saturated carbocycles. The number of rotatable bonds is 5. The van der Waals surface area contributed by atoms with Gasteiger partial charge in [0.2, 0.25) is 5.91 Å². The van der Waals surface area contributed by atoms with E-state index in [-0.39, 0.29) is 12.5 Å². The van der Waals surface area contributed by atoms with Gasteiger partial charge in [0.25, 0.3) is 0 Å². The van der Waals surface area contributed by atoms with Gasteiger partial charge in [-0.1, -0.05) is 18.2 Å². The number of aromatic nitrogens is 3. The van der Waals surface area contributed by atoms with Crippen molar-refractivity contribution >= 4 is 5.91 Å². The third kappa shape index (κ3) is 3.38. The van der Waals surface area contributed by atoms with Gasteiger partial charge in [-0.05, 0) is 19.1 Å². The van der Waals surface area contributed by atoms with Crippen molar-refractivity contribution < 1.29 is 9.53 Å². The van der Waals surface area contributed by atoms with Crippen molar-refractivity contribution in [1.29, 1.82) is 0 Å². The summed E-state index contributed by atoms with van der Waals surface area (Å²) in [6, 6.07) is 9.63. The van der Waals surface area contributed by atoms with Gasteiger partial charge in [-0.2, -0.15) is 15.0 Å². The summed E-state index contributed by atoms with van der Waals surface area (Å²) in [5.41, 5.74) is 2.43. The molecule has 0 bridgehead atoms. The molecule has 0 aliphatic rings. The summed E-state index contributed by atoms with van der Waals surface area (Å²) in [5.74, 6) is -0.170. The van der Waals surface area contributed by atoms with Crippen molar-refractivity contribution in [3.63, 3.8) is 0 Å². The van der Waals surface area contributed by atoms with Gasteiger partial charge in [-0.25, -0.2) is 0 Å². The lowest BCUT2D eigenvalue weighted by Gasteiger charge is -2.01. The number of nitrogens with one attached hydrogen (secondary N) is 1. The molecule has 0 aliphatic carbocycles. The van der Waals surface area contributed by atoms with Gasteiger partial charge >= 0.3 is 0 Å². The number of para-hydroxylation sites is 1. The Hall–Kier alpha value is -2.21. The fraction of sp³-hybridized carbons (Fsp3) is 0.308. The van der Waals surface area contributed by atoms with Crippen molar-refractivity contribution in [3.05, 3.63) is 41.7 Å². The number of benzene rings is 1. The molecule has 2 aromatic rings. The number of ether oxygens (including phenoxy) is 1. The monoisotopic (exact) mass is 260 g/mol. The standard InChI is InChI=1S/C13H16N4O2/c1-10-12(8-14-13(18)9-19-2)16-17(15-10)11-6-4-3-5-7-11/h3-7H,8-9H2,1-2H3,(H,14,18). The summed E-state index contributed by atoms with van der Waals surface area (Å²) in [4.78, 5) is 12.9. The number of carbonyl (C=O) groups excluding carboxylic acids is 1. The topological polar surface area (TPSA) is 69.0 Å². The second-order valence-corrected chi connectivity index (χ2v) is 4.07. The molecular weight excluding hydrogens is 244 g/mol. The summed E-state index contributed by atoms with van der Waals surface area (Å²) in [7, 11) is 1.48. The molecule has 2 rings (SSSR count). The Morgan fingerprint density at radius 2 is 2.05 bits per heavy atom. The van der Waals surface area contributed by atoms with Crippen molar-refractivity contribution in [3.8, 4) is 5.69 Å². The first-order chi connectivity index (χ1) is 9.20. The van der Waals surface area contributed by atoms with Gasteiger partial charge in [0.1, 0.15) is 12.3 Å². The van der Waals surface area contributed by atoms with E-state index >= 15 is 0 Å². The maximum atomic E-state index is 11.3. The highest BCUT2D eigenvalue weighted by Crippen LogP contribution is 2.07. The molecule has 0 radical (unpaired) electrons. The zero-order valence-corrected chi connectivity index (χ0v) is 11.0. The zero-order chi connectivity index (χ0) is 13.7. The van der Waals surface area contributed by atoms with Crippen LogP contribution in [0.2, 0.25) is 0 Å². The molecule has 0 fully saturated rings. The minimum Gasteiger partial charge on any atom is -0.375 e. The van der Waals surface area contributed by atoms with E-state index in [4.69, 9.17) is 4.74 Å². The normalized spacial score (nSPS) is 10.4. The van der Waals surface area contributed by atoms with E-state index in [9.17, 15) is 4.79 Å². The van der Waals surface area contributed by atoms with Crippen LogP contribution in [-0.2, 0) is 16.1 Å². The van der Waals surface area contributed by atoms with Crippen LogP contribution in [0.4, 0.5) is 0 Å². The van der Waals surface area contributed by atoms with Gasteiger partial charge in [0.05, 0.1) is 17.9 Å². The van der Waals surface area contributed by atoms with Crippen LogP contribution in [0.5, 0.6) is 0 Å². The Labute approximate surface area is 111 Å². The van der Waals surface area contributed by atoms with Gasteiger partial charge in [-0.3, -0.25) is 4.79 Å². The highest BCUT2D eigenvalue weighted by molar-refractivity contribution is 5.77. The van der Waals surface area contributed by atoms with Crippen LogP contribution in [0.3, 0.4) is 0 Å². The van der Waals surface area contributed by atoms with Crippen LogP contribution in [0.25, 0.3) is 5.69 Å². The summed E-state index contributed by atoms with van der Waals surface area (Å²) in [6.45, 7) is 2.26. The number of hydrogen-bond acceptors (Lipinski definition) is 4. The maximum Gasteiger partial charge on any atom is 0.246 e. The Bertz CT molecular complexity index is 551. The number of carbonyl (C=O) groups is 1. The highest BCUT2D eigenvalue weighted by atomic mass is 16.5. The first-order valence-electron chi connectivity index (χ1n) is 5.94. The van der Waals surface area contributed by atoms with E-state index in [1.807, 2.05) is 37.3 Å². The molecular formula is C13H16N4O2. The van der Waals surface area contributed by atoms with Gasteiger partial charge < -0.3 is 10.1 Å². The lowest BCUT2D eigenvalue weighted by Crippen LogP contribution is -2.27. The lowest BCUT2D eigenvalue weighted by atomic mass is 10.3. The van der Waals surface area contributed by atoms with E-state index in [0.717, 1.165) is 17.1 Å². The average molecular weight is 260 g/mol. The van der Waals surface area contributed by atoms with Crippen molar-refractivity contribution in [2.75, 3.05) is 13.7 Å². The van der Waals surface area contributed by atoms with E-state index in [2.05, 4.69) is 15.5 Å². The minimum atomic E-state index is -0.170. The van der Waals surface area contributed by atoms with E-state index in [1.54, 1.807) is 4.80 Å². The lowest BCUT2D eigenvalue weighted by molar-refractivity contribution is -0.124. The first kappa shape index (κ1) is 13.2. The summed E-state index contributed by atoms with van der Waals surface area (Å²) in [5, 5.41) is 11.4. The second-order valence-electron chi connectivity index (χ2n) is 4.07. The predicted octanol–water partition coefficient (Wildman–Crippen LogP) is 0.838. The van der Waals surface area contributed by atoms with E-state index in [0.29, 0.717) is 6.54 Å². The minimum absolute atomic E-state index is 0.0475. The SMILES string of the molecule is COCC(=O)NCc1nn(-c2ccccc2)nc1C. The molecule has 1 aromatic heterocycles. The van der Waals surface area contributed by atoms with Crippen LogP contribution in [-0.4, -0.2) is 34.6 Å². The largest absolute Gasteiger partial charge is 0.375 e. The summed E-state index contributed by atoms with van der Waals surface area (Å²) in [6.07, 6.45) is 0. The Morgan fingerprint density at radius 3 is 2.74 bits per heavy atom. The van der Waals surface area contributed by atoms with Crippen LogP contribution >= 0.6 is 0 Å². The molecule has 0 spiro atoms. The average Bonchev–Trinajstić information content (AvgIpc) is 2.79. The zero-order valence-electron chi connectivity index (χ0n) is 11.0. The van der Waals surface area contributed by atoms with Crippen molar-refractivity contribution in [2.24, 2.45) is 0 Å². The molecule has 0 atom stereocenters. The van der Waals surface area contributed by atoms with E-state index in [1.165, 1.54) is 7.11 Å². The molecule has 6 heteroatoms. The predicted molar refractivity (Wildman–Crippen MR) is 69.8 cm³/mol. The third-order valence-corrected chi connectivity index (χ3v) is 2.59. The second kappa shape index (κ2) is 6.10. The molecule has 100 valence electrons. The summed E-state index contributed by atoms with van der Waals surface area (Å²) >= 11 is 0. The smallest absolute Gasteiger partial charge is 0.246 e. The molecule has 19 heavy (non-hydrogen) atoms. The van der Waals surface area contributed by atoms with Gasteiger partial charge in [-0.15, -0.1) is 0 Å². The van der Waals surface area contributed by atoms with Gasteiger partial charge in [0, 0.05) is 7.11 Å². The van der Waals surface area contributed by atoms with Gasteiger partial charge in [0.15, 0.2) is 0 Å². The Kier molecular flexibility index (Phi) is 4.25. The molecule has 0 saturated heterocycles. The molecule has 1 aromatic carbocycles. The number of amides is 1. The van der Waals surface area contributed by atoms with Crippen LogP contribution in [0.1, 0.15) is 11.4 Å². The van der Waals surface area contributed by atoms with Crippen molar-refractivity contribution in [1.82, 2.24) is 20.3 Å². The number of aryl methyl sites for hydroxylation is 1. The number of hydrogen-bond donors (Lipinski definition) is 1. The molecule has 1 N–H and O–H groups in total. The van der Waals surface area contributed by atoms with E-state index < -0.39 is 0 Å². The van der Waals surface area contributed by atoms with Crippen LogP contribution < -0.4 is 5.32 Å². The molecule has 0 unspecified atom stereocenters. The quantitative estimate of drug-likeness (QED) is 0.865. The highest BCUT2D eigenvalue weighted by Gasteiger charge is 2.09. The summed E-state index contributed by atoms with van der Waals surface area (Å²) < 4.78 is 4.74. The fourth-order valence-corrected chi connectivity index (χ4v) is 1.61. The number of nitrogens with zero attached hydrogens (tertiary/aromatic N) is 3. The molecule has 6 nitrogen and oxygen atoms in total. The first-order valence-corrected chi connectivity index (χ1v) is 5.94. The Balaban J connectivity index is 2.07. The molecule has 0 aliphatic heterocycles. The number of methoxy groups -OCH3 is 1. The maximum absolute atomic E-state index is 11.3. The fourth-order valence-electron chi connectivity index (χ4n) is 1.61. The van der Waals surface area contributed by atoms with Crippen LogP contribution in [0.15, 0.2) is 30.3 Å². The van der Waals surface area contributed by atoms with Crippen LogP contribution in [0, 0.1) is 6.92 Å².